The third-order valence-electron chi connectivity index (χ3n) is 11.0. The number of unbranched alkanes of at least 4 members (excludes halogenated alkanes) is 2. The predicted molar refractivity (Wildman–Crippen MR) is 219 cm³/mol. The van der Waals surface area contributed by atoms with E-state index in [1.54, 1.807) is 0 Å². The number of ether oxygens (including phenoxy) is 2. The molecule has 0 saturated heterocycles. The first-order chi connectivity index (χ1) is 25.3. The van der Waals surface area contributed by atoms with Gasteiger partial charge in [0.1, 0.15) is 11.5 Å². The quantitative estimate of drug-likeness (QED) is 0.0610. The average Bonchev–Trinajstić information content (AvgIpc) is 3.15. The molecule has 0 heterocycles. The summed E-state index contributed by atoms with van der Waals surface area (Å²) in [5.74, 6) is 1.71. The Balaban J connectivity index is 1.75. The molecule has 52 heavy (non-hydrogen) atoms. The van der Waals surface area contributed by atoms with Gasteiger partial charge in [-0.2, -0.15) is 0 Å². The van der Waals surface area contributed by atoms with Crippen LogP contribution in [0.4, 0.5) is 0 Å². The molecule has 2 unspecified atom stereocenters. The maximum Gasteiger partial charge on any atom is 0.308 e. The van der Waals surface area contributed by atoms with Crippen LogP contribution in [0.1, 0.15) is 104 Å². The molecule has 0 fully saturated rings. The highest BCUT2D eigenvalue weighted by Crippen LogP contribution is 2.50. The zero-order valence-electron chi connectivity index (χ0n) is 31.9. The van der Waals surface area contributed by atoms with Gasteiger partial charge in [0.15, 0.2) is 0 Å². The van der Waals surface area contributed by atoms with E-state index in [1.165, 1.54) is 63.5 Å². The summed E-state index contributed by atoms with van der Waals surface area (Å²) in [6.45, 7) is 12.1. The molecule has 0 amide bonds. The summed E-state index contributed by atoms with van der Waals surface area (Å²) in [4.78, 5) is 25.3. The number of carbonyl (C=O) groups excluding carboxylic acids is 2. The van der Waals surface area contributed by atoms with Crippen LogP contribution in [0, 0.1) is 11.8 Å². The van der Waals surface area contributed by atoms with Crippen molar-refractivity contribution in [1.29, 1.82) is 0 Å². The van der Waals surface area contributed by atoms with E-state index >= 15 is 0 Å². The molecule has 4 nitrogen and oxygen atoms in total. The van der Waals surface area contributed by atoms with Gasteiger partial charge >= 0.3 is 11.9 Å². The molecule has 0 aliphatic rings. The van der Waals surface area contributed by atoms with Gasteiger partial charge in [-0.05, 0) is 68.5 Å². The highest BCUT2D eigenvalue weighted by atomic mass is 16.5. The van der Waals surface area contributed by atoms with Crippen LogP contribution in [0.15, 0.2) is 84.9 Å². The third kappa shape index (κ3) is 7.72. The Morgan fingerprint density at radius 3 is 1.21 bits per heavy atom. The lowest BCUT2D eigenvalue weighted by Gasteiger charge is -2.23. The molecule has 0 aliphatic heterocycles. The molecule has 0 saturated carbocycles. The van der Waals surface area contributed by atoms with Crippen LogP contribution in [0.5, 0.6) is 11.5 Å². The second kappa shape index (κ2) is 16.8. The van der Waals surface area contributed by atoms with E-state index < -0.39 is 0 Å². The molecular formula is C48H54O4. The second-order valence-electron chi connectivity index (χ2n) is 14.7. The molecular weight excluding hydrogens is 641 g/mol. The van der Waals surface area contributed by atoms with Gasteiger partial charge in [0.2, 0.25) is 0 Å². The normalized spacial score (nSPS) is 12.8. The number of rotatable bonds is 15. The predicted octanol–water partition coefficient (Wildman–Crippen LogP) is 13.3. The number of carbonyl (C=O) groups is 2. The van der Waals surface area contributed by atoms with Crippen LogP contribution in [-0.2, 0) is 22.4 Å². The summed E-state index contributed by atoms with van der Waals surface area (Å²) in [6, 6.07) is 30.1. The van der Waals surface area contributed by atoms with Crippen molar-refractivity contribution in [1.82, 2.24) is 0 Å². The Bertz CT molecular complexity index is 2070. The van der Waals surface area contributed by atoms with Crippen molar-refractivity contribution in [2.75, 3.05) is 0 Å². The van der Waals surface area contributed by atoms with E-state index in [4.69, 9.17) is 9.47 Å². The average molecular weight is 695 g/mol. The number of fused-ring (bicyclic) bond motifs is 4. The van der Waals surface area contributed by atoms with E-state index in [1.807, 2.05) is 12.1 Å². The van der Waals surface area contributed by atoms with Gasteiger partial charge in [0.05, 0.1) is 0 Å². The minimum Gasteiger partial charge on any atom is -0.425 e. The molecule has 2 atom stereocenters. The Hall–Kier alpha value is -4.70. The van der Waals surface area contributed by atoms with Gasteiger partial charge < -0.3 is 9.47 Å². The first-order valence-electron chi connectivity index (χ1n) is 19.6. The van der Waals surface area contributed by atoms with E-state index in [9.17, 15) is 9.59 Å². The van der Waals surface area contributed by atoms with Crippen LogP contribution in [-0.4, -0.2) is 11.9 Å². The fraction of sp³-hybridized carbons (Fsp3) is 0.375. The zero-order valence-corrected chi connectivity index (χ0v) is 31.9. The lowest BCUT2D eigenvalue weighted by Crippen LogP contribution is -2.06. The van der Waals surface area contributed by atoms with Crippen molar-refractivity contribution in [3.05, 3.63) is 96.1 Å². The maximum absolute atomic E-state index is 12.6. The summed E-state index contributed by atoms with van der Waals surface area (Å²) in [5.41, 5.74) is 4.79. The number of hydrogen-bond donors (Lipinski definition) is 0. The molecule has 6 aromatic rings. The Morgan fingerprint density at radius 1 is 0.500 bits per heavy atom. The monoisotopic (exact) mass is 694 g/mol. The van der Waals surface area contributed by atoms with Gasteiger partial charge in [-0.3, -0.25) is 9.59 Å². The van der Waals surface area contributed by atoms with Crippen LogP contribution >= 0.6 is 0 Å². The number of esters is 2. The van der Waals surface area contributed by atoms with Crippen molar-refractivity contribution in [3.63, 3.8) is 0 Å². The fourth-order valence-corrected chi connectivity index (χ4v) is 8.22. The third-order valence-corrected chi connectivity index (χ3v) is 11.0. The maximum atomic E-state index is 12.6. The van der Waals surface area contributed by atoms with Gasteiger partial charge in [-0.1, -0.05) is 164 Å². The molecule has 4 heteroatoms. The summed E-state index contributed by atoms with van der Waals surface area (Å²) < 4.78 is 12.2. The zero-order chi connectivity index (χ0) is 36.8. The first kappa shape index (κ1) is 37.1. The van der Waals surface area contributed by atoms with E-state index in [2.05, 4.69) is 100 Å². The van der Waals surface area contributed by atoms with Crippen molar-refractivity contribution < 1.29 is 19.1 Å². The topological polar surface area (TPSA) is 52.6 Å². The number of benzene rings is 6. The molecule has 6 rings (SSSR count). The standard InChI is InChI=1S/C48H54O4/c1-7-11-17-33(9-3)27-35-23-25-41-43(29-35)45(37-19-13-15-21-39(37)47(41)51-31(5)49)46-38-20-14-16-22-40(38)48(52-32(6)50)42-26-24-36(30-44(42)46)28-34(10-4)18-12-8-2/h13-16,19-26,29-30,33-34H,7-12,17-18,27-28H2,1-6H3. The Labute approximate surface area is 309 Å². The van der Waals surface area contributed by atoms with Crippen molar-refractivity contribution in [3.8, 4) is 22.6 Å². The van der Waals surface area contributed by atoms with Crippen molar-refractivity contribution >= 4 is 55.0 Å². The number of hydrogen-bond acceptors (Lipinski definition) is 4. The molecule has 6 aromatic carbocycles. The summed E-state index contributed by atoms with van der Waals surface area (Å²) in [7, 11) is 0. The van der Waals surface area contributed by atoms with Gasteiger partial charge in [0.25, 0.3) is 0 Å². The smallest absolute Gasteiger partial charge is 0.308 e. The van der Waals surface area contributed by atoms with E-state index in [0.29, 0.717) is 23.3 Å². The van der Waals surface area contributed by atoms with Gasteiger partial charge in [-0.25, -0.2) is 0 Å². The highest BCUT2D eigenvalue weighted by molar-refractivity contribution is 6.27. The molecule has 0 bridgehead atoms. The molecule has 0 radical (unpaired) electrons. The largest absolute Gasteiger partial charge is 0.425 e. The molecule has 0 aliphatic carbocycles. The van der Waals surface area contributed by atoms with Crippen LogP contribution in [0.3, 0.4) is 0 Å². The summed E-state index contributed by atoms with van der Waals surface area (Å²) >= 11 is 0. The lowest BCUT2D eigenvalue weighted by molar-refractivity contribution is -0.132. The van der Waals surface area contributed by atoms with Gasteiger partial charge in [-0.15, -0.1) is 0 Å². The van der Waals surface area contributed by atoms with Crippen molar-refractivity contribution in [2.24, 2.45) is 11.8 Å². The molecule has 270 valence electrons. The van der Waals surface area contributed by atoms with Gasteiger partial charge in [0, 0.05) is 35.4 Å². The first-order valence-corrected chi connectivity index (χ1v) is 19.6. The van der Waals surface area contributed by atoms with Crippen molar-refractivity contribution in [2.45, 2.75) is 106 Å². The van der Waals surface area contributed by atoms with Crippen LogP contribution < -0.4 is 9.47 Å². The Morgan fingerprint density at radius 2 is 0.865 bits per heavy atom. The molecule has 0 N–H and O–H groups in total. The van der Waals surface area contributed by atoms with E-state index in [-0.39, 0.29) is 11.9 Å². The minimum atomic E-state index is -0.339. The van der Waals surface area contributed by atoms with Crippen LogP contribution in [0.2, 0.25) is 0 Å². The SMILES string of the molecule is CCCCC(CC)Cc1ccc2c(OC(C)=O)c3ccccc3c(-c3c4ccccc4c(OC(C)=O)c4ccc(CC(CC)CCCC)cc34)c2c1. The summed E-state index contributed by atoms with van der Waals surface area (Å²) in [5, 5.41) is 7.78. The molecule has 0 spiro atoms. The summed E-state index contributed by atoms with van der Waals surface area (Å²) in [6.07, 6.45) is 11.5. The lowest BCUT2D eigenvalue weighted by atomic mass is 9.83. The highest BCUT2D eigenvalue weighted by Gasteiger charge is 2.24. The fourth-order valence-electron chi connectivity index (χ4n) is 8.22. The minimum absolute atomic E-state index is 0.339. The Kier molecular flexibility index (Phi) is 11.9. The second-order valence-corrected chi connectivity index (χ2v) is 14.7. The molecule has 0 aromatic heterocycles. The van der Waals surface area contributed by atoms with E-state index in [0.717, 1.165) is 79.9 Å². The van der Waals surface area contributed by atoms with Crippen LogP contribution in [0.25, 0.3) is 54.2 Å².